The summed E-state index contributed by atoms with van der Waals surface area (Å²) in [6, 6.07) is 15.6. The highest BCUT2D eigenvalue weighted by Gasteiger charge is 2.13. The number of hydrogen-bond donors (Lipinski definition) is 1. The summed E-state index contributed by atoms with van der Waals surface area (Å²) in [5, 5.41) is 3.98. The molecule has 0 aliphatic rings. The number of aromatic nitrogens is 1. The lowest BCUT2D eigenvalue weighted by Crippen LogP contribution is -2.21. The summed E-state index contributed by atoms with van der Waals surface area (Å²) in [5.74, 6) is -1.21. The molecule has 1 N–H and O–H groups in total. The Hall–Kier alpha value is -2.63. The van der Waals surface area contributed by atoms with Crippen LogP contribution in [0.1, 0.15) is 10.5 Å². The van der Waals surface area contributed by atoms with E-state index in [1.54, 1.807) is 36.4 Å². The van der Waals surface area contributed by atoms with Gasteiger partial charge in [0.25, 0.3) is 5.91 Å². The zero-order chi connectivity index (χ0) is 17.8. The van der Waals surface area contributed by atoms with Gasteiger partial charge < -0.3 is 10.1 Å². The molecule has 0 saturated carbocycles. The highest BCUT2D eigenvalue weighted by atomic mass is 35.5. The number of para-hydroxylation sites is 1. The Morgan fingerprint density at radius 1 is 1.00 bits per heavy atom. The molecule has 5 nitrogen and oxygen atoms in total. The van der Waals surface area contributed by atoms with Crippen molar-refractivity contribution in [1.29, 1.82) is 0 Å². The molecule has 2 aromatic carbocycles. The van der Waals surface area contributed by atoms with E-state index in [2.05, 4.69) is 10.3 Å². The van der Waals surface area contributed by atoms with Crippen molar-refractivity contribution in [2.45, 2.75) is 0 Å². The Bertz CT molecular complexity index is 960. The monoisotopic (exact) mass is 374 g/mol. The van der Waals surface area contributed by atoms with Gasteiger partial charge in [0.2, 0.25) is 0 Å². The first-order valence-corrected chi connectivity index (χ1v) is 8.07. The maximum absolute atomic E-state index is 12.1. The van der Waals surface area contributed by atoms with Crippen LogP contribution in [-0.4, -0.2) is 23.5 Å². The van der Waals surface area contributed by atoms with Crippen LogP contribution in [0.5, 0.6) is 0 Å². The first kappa shape index (κ1) is 17.2. The van der Waals surface area contributed by atoms with Gasteiger partial charge in [0.15, 0.2) is 6.61 Å². The molecule has 0 aliphatic carbocycles. The second-order valence-corrected chi connectivity index (χ2v) is 5.90. The van der Waals surface area contributed by atoms with Crippen LogP contribution in [0.2, 0.25) is 10.0 Å². The fourth-order valence-electron chi connectivity index (χ4n) is 2.17. The third kappa shape index (κ3) is 4.07. The highest BCUT2D eigenvalue weighted by Crippen LogP contribution is 2.29. The smallest absolute Gasteiger partial charge is 0.357 e. The average Bonchev–Trinajstić information content (AvgIpc) is 2.63. The molecule has 0 aliphatic heterocycles. The van der Waals surface area contributed by atoms with Crippen LogP contribution in [0.15, 0.2) is 54.6 Å². The van der Waals surface area contributed by atoms with Gasteiger partial charge in [-0.2, -0.15) is 0 Å². The first-order valence-electron chi connectivity index (χ1n) is 7.31. The zero-order valence-electron chi connectivity index (χ0n) is 12.8. The molecule has 25 heavy (non-hydrogen) atoms. The molecule has 3 aromatic rings. The molecular formula is C18H12Cl2N2O3. The van der Waals surface area contributed by atoms with E-state index in [0.717, 1.165) is 5.39 Å². The number of ether oxygens (including phenoxy) is 1. The summed E-state index contributed by atoms with van der Waals surface area (Å²) >= 11 is 11.9. The zero-order valence-corrected chi connectivity index (χ0v) is 14.3. The van der Waals surface area contributed by atoms with E-state index in [1.807, 2.05) is 18.2 Å². The topological polar surface area (TPSA) is 68.3 Å². The number of rotatable bonds is 4. The van der Waals surface area contributed by atoms with Gasteiger partial charge in [-0.1, -0.05) is 53.5 Å². The Morgan fingerprint density at radius 2 is 1.80 bits per heavy atom. The van der Waals surface area contributed by atoms with Crippen LogP contribution in [0.4, 0.5) is 5.69 Å². The quantitative estimate of drug-likeness (QED) is 0.689. The van der Waals surface area contributed by atoms with Crippen molar-refractivity contribution >= 4 is 51.7 Å². The van der Waals surface area contributed by atoms with E-state index in [0.29, 0.717) is 16.2 Å². The summed E-state index contributed by atoms with van der Waals surface area (Å²) in [5.41, 5.74) is 1.15. The van der Waals surface area contributed by atoms with Gasteiger partial charge in [-0.3, -0.25) is 4.79 Å². The SMILES string of the molecule is O=C(COC(=O)c1ccc2ccccc2n1)Nc1cccc(Cl)c1Cl. The van der Waals surface area contributed by atoms with Crippen LogP contribution < -0.4 is 5.32 Å². The fourth-order valence-corrected chi connectivity index (χ4v) is 2.52. The molecule has 126 valence electrons. The van der Waals surface area contributed by atoms with Gasteiger partial charge in [-0.25, -0.2) is 9.78 Å². The van der Waals surface area contributed by atoms with E-state index >= 15 is 0 Å². The molecule has 0 atom stereocenters. The lowest BCUT2D eigenvalue weighted by atomic mass is 10.2. The number of carbonyl (C=O) groups excluding carboxylic acids is 2. The van der Waals surface area contributed by atoms with Gasteiger partial charge in [0, 0.05) is 5.39 Å². The Morgan fingerprint density at radius 3 is 2.64 bits per heavy atom. The van der Waals surface area contributed by atoms with E-state index in [4.69, 9.17) is 27.9 Å². The normalized spacial score (nSPS) is 10.5. The van der Waals surface area contributed by atoms with E-state index in [-0.39, 0.29) is 10.7 Å². The van der Waals surface area contributed by atoms with Crippen LogP contribution >= 0.6 is 23.2 Å². The van der Waals surface area contributed by atoms with Crippen molar-refractivity contribution < 1.29 is 14.3 Å². The Balaban J connectivity index is 1.63. The van der Waals surface area contributed by atoms with Crippen LogP contribution in [0.3, 0.4) is 0 Å². The largest absolute Gasteiger partial charge is 0.451 e. The van der Waals surface area contributed by atoms with E-state index in [1.165, 1.54) is 0 Å². The van der Waals surface area contributed by atoms with Gasteiger partial charge in [0.05, 0.1) is 21.2 Å². The summed E-state index contributed by atoms with van der Waals surface area (Å²) < 4.78 is 4.99. The summed E-state index contributed by atoms with van der Waals surface area (Å²) in [6.07, 6.45) is 0. The molecule has 1 aromatic heterocycles. The van der Waals surface area contributed by atoms with Crippen LogP contribution in [0, 0.1) is 0 Å². The molecule has 0 bridgehead atoms. The number of anilines is 1. The second kappa shape index (κ2) is 7.51. The van der Waals surface area contributed by atoms with Crippen LogP contribution in [-0.2, 0) is 9.53 Å². The molecule has 0 spiro atoms. The van der Waals surface area contributed by atoms with Crippen molar-refractivity contribution in [1.82, 2.24) is 4.98 Å². The number of nitrogens with one attached hydrogen (secondary N) is 1. The van der Waals surface area contributed by atoms with Gasteiger partial charge in [-0.05, 0) is 24.3 Å². The van der Waals surface area contributed by atoms with Crippen molar-refractivity contribution in [2.24, 2.45) is 0 Å². The van der Waals surface area contributed by atoms with Crippen molar-refractivity contribution in [3.05, 3.63) is 70.3 Å². The summed E-state index contributed by atoms with van der Waals surface area (Å²) in [6.45, 7) is -0.462. The molecule has 0 fully saturated rings. The van der Waals surface area contributed by atoms with Crippen LogP contribution in [0.25, 0.3) is 10.9 Å². The number of carbonyl (C=O) groups is 2. The fraction of sp³-hybridized carbons (Fsp3) is 0.0556. The third-order valence-corrected chi connectivity index (χ3v) is 4.19. The lowest BCUT2D eigenvalue weighted by molar-refractivity contribution is -0.119. The number of halogens is 2. The van der Waals surface area contributed by atoms with Crippen molar-refractivity contribution in [3.8, 4) is 0 Å². The third-order valence-electron chi connectivity index (χ3n) is 3.37. The van der Waals surface area contributed by atoms with Gasteiger partial charge in [0.1, 0.15) is 5.69 Å². The minimum absolute atomic E-state index is 0.132. The molecule has 1 heterocycles. The highest BCUT2D eigenvalue weighted by molar-refractivity contribution is 6.44. The minimum Gasteiger partial charge on any atom is -0.451 e. The number of pyridine rings is 1. The number of hydrogen-bond acceptors (Lipinski definition) is 4. The molecular weight excluding hydrogens is 363 g/mol. The van der Waals surface area contributed by atoms with Crippen molar-refractivity contribution in [2.75, 3.05) is 11.9 Å². The molecule has 1 amide bonds. The predicted octanol–water partition coefficient (Wildman–Crippen LogP) is 4.34. The van der Waals surface area contributed by atoms with Gasteiger partial charge >= 0.3 is 5.97 Å². The molecule has 0 unspecified atom stereocenters. The Labute approximate surface area is 153 Å². The predicted molar refractivity (Wildman–Crippen MR) is 97.1 cm³/mol. The maximum atomic E-state index is 12.1. The molecule has 7 heteroatoms. The molecule has 0 saturated heterocycles. The number of nitrogens with zero attached hydrogens (tertiary/aromatic N) is 1. The van der Waals surface area contributed by atoms with Gasteiger partial charge in [-0.15, -0.1) is 0 Å². The van der Waals surface area contributed by atoms with E-state index < -0.39 is 18.5 Å². The molecule has 0 radical (unpaired) electrons. The number of benzene rings is 2. The minimum atomic E-state index is -0.682. The van der Waals surface area contributed by atoms with Crippen molar-refractivity contribution in [3.63, 3.8) is 0 Å². The lowest BCUT2D eigenvalue weighted by Gasteiger charge is -2.09. The number of fused-ring (bicyclic) bond motifs is 1. The number of amides is 1. The molecule has 3 rings (SSSR count). The standard InChI is InChI=1S/C18H12Cl2N2O3/c19-12-5-3-7-14(17(12)20)22-16(23)10-25-18(24)15-9-8-11-4-1-2-6-13(11)21-15/h1-9H,10H2,(H,22,23). The second-order valence-electron chi connectivity index (χ2n) is 5.11. The summed E-state index contributed by atoms with van der Waals surface area (Å²) in [4.78, 5) is 28.2. The maximum Gasteiger partial charge on any atom is 0.357 e. The first-order chi connectivity index (χ1) is 12.0. The summed E-state index contributed by atoms with van der Waals surface area (Å²) in [7, 11) is 0. The van der Waals surface area contributed by atoms with E-state index in [9.17, 15) is 9.59 Å². The number of esters is 1. The average molecular weight is 375 g/mol. The Kier molecular flexibility index (Phi) is 5.16.